The average Bonchev–Trinajstić information content (AvgIpc) is 3.19. The van der Waals surface area contributed by atoms with Crippen molar-refractivity contribution in [1.29, 1.82) is 0 Å². The van der Waals surface area contributed by atoms with Gasteiger partial charge in [-0.3, -0.25) is 4.90 Å². The quantitative estimate of drug-likeness (QED) is 0.835. The Labute approximate surface area is 135 Å². The van der Waals surface area contributed by atoms with Gasteiger partial charge in [-0.05, 0) is 72.6 Å². The van der Waals surface area contributed by atoms with Gasteiger partial charge >= 0.3 is 0 Å². The molecule has 2 fully saturated rings. The number of likely N-dealkylation sites (tertiary alicyclic amines) is 2. The molecule has 1 aromatic heterocycles. The van der Waals surface area contributed by atoms with Gasteiger partial charge in [-0.15, -0.1) is 0 Å². The predicted molar refractivity (Wildman–Crippen MR) is 91.3 cm³/mol. The molecule has 0 unspecified atom stereocenters. The fraction of sp³-hybridized carbons (Fsp3) is 0.833. The zero-order valence-corrected chi connectivity index (χ0v) is 14.5. The summed E-state index contributed by atoms with van der Waals surface area (Å²) in [6.45, 7) is 13.2. The number of hydrogen-bond acceptors (Lipinski definition) is 3. The number of piperidine rings is 1. The molecule has 2 aliphatic rings. The van der Waals surface area contributed by atoms with Gasteiger partial charge in [0.15, 0.2) is 0 Å². The molecule has 4 nitrogen and oxygen atoms in total. The van der Waals surface area contributed by atoms with Crippen molar-refractivity contribution < 1.29 is 0 Å². The lowest BCUT2D eigenvalue weighted by molar-refractivity contribution is 0.144. The first-order valence-corrected chi connectivity index (χ1v) is 9.14. The summed E-state index contributed by atoms with van der Waals surface area (Å²) in [5.41, 5.74) is 0. The predicted octanol–water partition coefficient (Wildman–Crippen LogP) is 3.13. The summed E-state index contributed by atoms with van der Waals surface area (Å²) in [5.74, 6) is 1.96. The van der Waals surface area contributed by atoms with E-state index in [1.165, 1.54) is 64.2 Å². The monoisotopic (exact) mass is 304 g/mol. The Balaban J connectivity index is 1.50. The highest BCUT2D eigenvalue weighted by Crippen LogP contribution is 2.28. The summed E-state index contributed by atoms with van der Waals surface area (Å²) in [5, 5.41) is 0. The zero-order valence-electron chi connectivity index (χ0n) is 14.5. The fourth-order valence-corrected chi connectivity index (χ4v) is 4.12. The van der Waals surface area contributed by atoms with Gasteiger partial charge in [0.25, 0.3) is 0 Å². The second-order valence-corrected chi connectivity index (χ2v) is 7.45. The lowest BCUT2D eigenvalue weighted by Gasteiger charge is -2.36. The average molecular weight is 304 g/mol. The van der Waals surface area contributed by atoms with Crippen LogP contribution in [0.4, 0.5) is 0 Å². The Morgan fingerprint density at radius 1 is 1.09 bits per heavy atom. The molecule has 3 heterocycles. The summed E-state index contributed by atoms with van der Waals surface area (Å²) >= 11 is 0. The minimum Gasteiger partial charge on any atom is -0.332 e. The van der Waals surface area contributed by atoms with Crippen LogP contribution in [0.25, 0.3) is 0 Å². The number of rotatable bonds is 5. The van der Waals surface area contributed by atoms with Gasteiger partial charge in [-0.25, -0.2) is 4.98 Å². The van der Waals surface area contributed by atoms with Crippen LogP contribution >= 0.6 is 0 Å². The molecule has 0 aliphatic carbocycles. The Hall–Kier alpha value is -0.870. The van der Waals surface area contributed by atoms with Gasteiger partial charge < -0.3 is 9.47 Å². The largest absolute Gasteiger partial charge is 0.332 e. The van der Waals surface area contributed by atoms with Crippen LogP contribution in [-0.2, 0) is 0 Å². The first kappa shape index (κ1) is 16.0. The van der Waals surface area contributed by atoms with Crippen LogP contribution in [0.2, 0.25) is 0 Å². The number of nitrogens with zero attached hydrogens (tertiary/aromatic N) is 4. The molecule has 4 heteroatoms. The maximum absolute atomic E-state index is 4.65. The number of hydrogen-bond donors (Lipinski definition) is 0. The standard InChI is InChI=1S/C18H32N4/c1-15(2)22-13-8-19-18(22)17-6-11-20(12-7-17)14-16(3)21-9-4-5-10-21/h8,13,15-17H,4-7,9-12,14H2,1-3H3/t16-/m0/s1. The molecule has 22 heavy (non-hydrogen) atoms. The molecule has 3 rings (SSSR count). The molecule has 0 N–H and O–H groups in total. The van der Waals surface area contributed by atoms with E-state index >= 15 is 0 Å². The van der Waals surface area contributed by atoms with Crippen molar-refractivity contribution in [3.8, 4) is 0 Å². The molecule has 1 aromatic rings. The lowest BCUT2D eigenvalue weighted by Crippen LogP contribution is -2.44. The van der Waals surface area contributed by atoms with E-state index in [2.05, 4.69) is 46.3 Å². The second kappa shape index (κ2) is 7.14. The molecule has 0 spiro atoms. The van der Waals surface area contributed by atoms with Gasteiger partial charge in [0.05, 0.1) is 0 Å². The molecular formula is C18H32N4. The van der Waals surface area contributed by atoms with Crippen LogP contribution in [-0.4, -0.2) is 58.1 Å². The van der Waals surface area contributed by atoms with Crippen molar-refractivity contribution in [3.05, 3.63) is 18.2 Å². The van der Waals surface area contributed by atoms with Gasteiger partial charge in [0, 0.05) is 36.9 Å². The summed E-state index contributed by atoms with van der Waals surface area (Å²) in [6, 6.07) is 1.24. The molecule has 1 atom stereocenters. The fourth-order valence-electron chi connectivity index (χ4n) is 4.12. The molecule has 0 radical (unpaired) electrons. The van der Waals surface area contributed by atoms with Crippen molar-refractivity contribution in [2.24, 2.45) is 0 Å². The van der Waals surface area contributed by atoms with Crippen molar-refractivity contribution in [2.45, 2.75) is 64.5 Å². The molecule has 2 aliphatic heterocycles. The molecule has 0 amide bonds. The number of aromatic nitrogens is 2. The van der Waals surface area contributed by atoms with Gasteiger partial charge in [0.2, 0.25) is 0 Å². The summed E-state index contributed by atoms with van der Waals surface area (Å²) in [4.78, 5) is 9.98. The van der Waals surface area contributed by atoms with Crippen LogP contribution in [0.5, 0.6) is 0 Å². The SMILES string of the molecule is CC(C)n1ccnc1C1CCN(C[C@H](C)N2CCCC2)CC1. The molecule has 0 aromatic carbocycles. The minimum atomic E-state index is 0.519. The molecule has 0 saturated carbocycles. The van der Waals surface area contributed by atoms with Crippen molar-refractivity contribution in [3.63, 3.8) is 0 Å². The van der Waals surface area contributed by atoms with E-state index in [4.69, 9.17) is 0 Å². The molecule has 2 saturated heterocycles. The van der Waals surface area contributed by atoms with Gasteiger partial charge in [-0.2, -0.15) is 0 Å². The van der Waals surface area contributed by atoms with E-state index in [0.717, 1.165) is 6.04 Å². The Morgan fingerprint density at radius 3 is 2.41 bits per heavy atom. The van der Waals surface area contributed by atoms with E-state index in [1.54, 1.807) is 0 Å². The highest BCUT2D eigenvalue weighted by molar-refractivity contribution is 5.03. The van der Waals surface area contributed by atoms with Crippen LogP contribution in [0.1, 0.15) is 64.2 Å². The van der Waals surface area contributed by atoms with Crippen molar-refractivity contribution in [2.75, 3.05) is 32.7 Å². The van der Waals surface area contributed by atoms with Gasteiger partial charge in [0.1, 0.15) is 5.82 Å². The van der Waals surface area contributed by atoms with E-state index in [1.807, 2.05) is 6.20 Å². The normalized spacial score (nSPS) is 23.5. The molecule has 0 bridgehead atoms. The smallest absolute Gasteiger partial charge is 0.112 e. The first-order valence-electron chi connectivity index (χ1n) is 9.14. The highest BCUT2D eigenvalue weighted by atomic mass is 15.2. The van der Waals surface area contributed by atoms with Crippen molar-refractivity contribution >= 4 is 0 Å². The van der Waals surface area contributed by atoms with Crippen LogP contribution < -0.4 is 0 Å². The van der Waals surface area contributed by atoms with E-state index in [9.17, 15) is 0 Å². The third-order valence-electron chi connectivity index (χ3n) is 5.49. The first-order chi connectivity index (χ1) is 10.6. The lowest BCUT2D eigenvalue weighted by atomic mass is 9.95. The molecule has 124 valence electrons. The Morgan fingerprint density at radius 2 is 1.77 bits per heavy atom. The summed E-state index contributed by atoms with van der Waals surface area (Å²) < 4.78 is 2.35. The van der Waals surface area contributed by atoms with Crippen LogP contribution in [0.3, 0.4) is 0 Å². The molecular weight excluding hydrogens is 272 g/mol. The van der Waals surface area contributed by atoms with Crippen LogP contribution in [0, 0.1) is 0 Å². The second-order valence-electron chi connectivity index (χ2n) is 7.45. The maximum atomic E-state index is 4.65. The van der Waals surface area contributed by atoms with Crippen LogP contribution in [0.15, 0.2) is 12.4 Å². The number of imidazole rings is 1. The van der Waals surface area contributed by atoms with Crippen molar-refractivity contribution in [1.82, 2.24) is 19.4 Å². The summed E-state index contributed by atoms with van der Waals surface area (Å²) in [7, 11) is 0. The van der Waals surface area contributed by atoms with E-state index < -0.39 is 0 Å². The zero-order chi connectivity index (χ0) is 15.5. The maximum Gasteiger partial charge on any atom is 0.112 e. The summed E-state index contributed by atoms with van der Waals surface area (Å²) in [6.07, 6.45) is 9.42. The highest BCUT2D eigenvalue weighted by Gasteiger charge is 2.26. The third kappa shape index (κ3) is 3.54. The van der Waals surface area contributed by atoms with Gasteiger partial charge in [-0.1, -0.05) is 0 Å². The topological polar surface area (TPSA) is 24.3 Å². The van der Waals surface area contributed by atoms with E-state index in [0.29, 0.717) is 12.0 Å². The Bertz CT molecular complexity index is 453. The van der Waals surface area contributed by atoms with E-state index in [-0.39, 0.29) is 0 Å². The minimum absolute atomic E-state index is 0.519. The Kier molecular flexibility index (Phi) is 5.19. The third-order valence-corrected chi connectivity index (χ3v) is 5.49.